The molecule has 8 aromatic carbocycles. The fourth-order valence-electron chi connectivity index (χ4n) is 7.98. The quantitative estimate of drug-likeness (QED) is 0.183. The lowest BCUT2D eigenvalue weighted by molar-refractivity contribution is 0.661. The van der Waals surface area contributed by atoms with Crippen LogP contribution in [-0.4, -0.2) is 15.0 Å². The summed E-state index contributed by atoms with van der Waals surface area (Å²) >= 11 is 0. The number of aromatic nitrogens is 3. The van der Waals surface area contributed by atoms with Crippen molar-refractivity contribution in [3.05, 3.63) is 163 Å². The van der Waals surface area contributed by atoms with Crippen LogP contribution in [0.1, 0.15) is 25.0 Å². The van der Waals surface area contributed by atoms with Gasteiger partial charge in [-0.25, -0.2) is 15.0 Å². The third-order valence-electron chi connectivity index (χ3n) is 10.5. The molecule has 0 fully saturated rings. The van der Waals surface area contributed by atoms with Crippen LogP contribution >= 0.6 is 0 Å². The van der Waals surface area contributed by atoms with Gasteiger partial charge in [-0.05, 0) is 77.5 Å². The fourth-order valence-corrected chi connectivity index (χ4v) is 7.98. The Bertz CT molecular complexity index is 2800. The van der Waals surface area contributed by atoms with E-state index in [4.69, 9.17) is 15.0 Å². The van der Waals surface area contributed by atoms with Crippen molar-refractivity contribution in [1.82, 2.24) is 15.0 Å². The summed E-state index contributed by atoms with van der Waals surface area (Å²) < 4.78 is 0. The van der Waals surface area contributed by atoms with E-state index in [1.165, 1.54) is 54.6 Å². The van der Waals surface area contributed by atoms with Crippen LogP contribution in [0.2, 0.25) is 0 Å². The van der Waals surface area contributed by atoms with Crippen molar-refractivity contribution in [2.45, 2.75) is 19.3 Å². The van der Waals surface area contributed by atoms with E-state index in [0.29, 0.717) is 17.5 Å². The Kier molecular flexibility index (Phi) is 5.92. The first-order valence-electron chi connectivity index (χ1n) is 16.9. The fraction of sp³-hybridized carbons (Fsp3) is 0.0652. The van der Waals surface area contributed by atoms with Gasteiger partial charge in [0.15, 0.2) is 17.5 Å². The van der Waals surface area contributed by atoms with E-state index in [2.05, 4.69) is 147 Å². The second-order valence-corrected chi connectivity index (χ2v) is 13.7. The van der Waals surface area contributed by atoms with Gasteiger partial charge in [-0.2, -0.15) is 0 Å². The monoisotopic (exact) mass is 625 g/mol. The predicted molar refractivity (Wildman–Crippen MR) is 204 cm³/mol. The Hall–Kier alpha value is -6.19. The number of benzene rings is 8. The SMILES string of the molecule is CC1(C)c2ccccc2-c2c1ccc1ccc3ccc4cc(-c5nc(-c6ccccc6)nc(-c6ccc7ccccc7c6)n5)ccc4c3c21. The molecule has 49 heavy (non-hydrogen) atoms. The molecule has 1 aromatic heterocycles. The third kappa shape index (κ3) is 4.25. The van der Waals surface area contributed by atoms with Gasteiger partial charge in [0.2, 0.25) is 0 Å². The number of rotatable bonds is 3. The molecule has 0 saturated carbocycles. The van der Waals surface area contributed by atoms with Crippen LogP contribution in [0.5, 0.6) is 0 Å². The van der Waals surface area contributed by atoms with Gasteiger partial charge in [0.25, 0.3) is 0 Å². The Morgan fingerprint density at radius 3 is 1.71 bits per heavy atom. The Balaban J connectivity index is 1.20. The van der Waals surface area contributed by atoms with Crippen LogP contribution in [0.25, 0.3) is 88.4 Å². The van der Waals surface area contributed by atoms with Crippen molar-refractivity contribution in [2.75, 3.05) is 0 Å². The second-order valence-electron chi connectivity index (χ2n) is 13.7. The highest BCUT2D eigenvalue weighted by atomic mass is 15.0. The molecule has 3 nitrogen and oxygen atoms in total. The lowest BCUT2D eigenvalue weighted by atomic mass is 9.81. The number of hydrogen-bond acceptors (Lipinski definition) is 3. The van der Waals surface area contributed by atoms with E-state index in [0.717, 1.165) is 27.5 Å². The Labute approximate surface area is 284 Å². The Morgan fingerprint density at radius 1 is 0.388 bits per heavy atom. The molecule has 0 N–H and O–H groups in total. The Morgan fingerprint density at radius 2 is 0.939 bits per heavy atom. The molecule has 0 bridgehead atoms. The highest BCUT2D eigenvalue weighted by molar-refractivity contribution is 6.25. The molecule has 0 atom stereocenters. The maximum Gasteiger partial charge on any atom is 0.164 e. The van der Waals surface area contributed by atoms with E-state index in [-0.39, 0.29) is 5.41 Å². The van der Waals surface area contributed by atoms with E-state index >= 15 is 0 Å². The van der Waals surface area contributed by atoms with Crippen LogP contribution in [-0.2, 0) is 5.41 Å². The zero-order valence-electron chi connectivity index (χ0n) is 27.3. The van der Waals surface area contributed by atoms with Crippen LogP contribution in [0.15, 0.2) is 152 Å². The molecule has 1 aliphatic carbocycles. The van der Waals surface area contributed by atoms with Gasteiger partial charge in [-0.3, -0.25) is 0 Å². The zero-order chi connectivity index (χ0) is 32.7. The molecule has 3 heteroatoms. The highest BCUT2D eigenvalue weighted by Crippen LogP contribution is 2.52. The molecule has 0 saturated heterocycles. The number of fused-ring (bicyclic) bond motifs is 10. The minimum Gasteiger partial charge on any atom is -0.208 e. The van der Waals surface area contributed by atoms with Crippen molar-refractivity contribution in [3.63, 3.8) is 0 Å². The third-order valence-corrected chi connectivity index (χ3v) is 10.5. The van der Waals surface area contributed by atoms with E-state index < -0.39 is 0 Å². The van der Waals surface area contributed by atoms with E-state index in [1.54, 1.807) is 0 Å². The lowest BCUT2D eigenvalue weighted by Crippen LogP contribution is -2.14. The second kappa shape index (κ2) is 10.4. The van der Waals surface area contributed by atoms with Crippen LogP contribution in [0.3, 0.4) is 0 Å². The molecule has 0 spiro atoms. The first-order chi connectivity index (χ1) is 24.0. The molecular formula is C46H31N3. The van der Waals surface area contributed by atoms with Crippen LogP contribution in [0.4, 0.5) is 0 Å². The summed E-state index contributed by atoms with van der Waals surface area (Å²) in [5.41, 5.74) is 8.33. The summed E-state index contributed by atoms with van der Waals surface area (Å²) in [6, 6.07) is 54.2. The average Bonchev–Trinajstić information content (AvgIpc) is 3.40. The summed E-state index contributed by atoms with van der Waals surface area (Å²) in [4.78, 5) is 15.1. The molecule has 0 unspecified atom stereocenters. The molecule has 0 aliphatic heterocycles. The lowest BCUT2D eigenvalue weighted by Gasteiger charge is -2.21. The van der Waals surface area contributed by atoms with Crippen molar-refractivity contribution in [1.29, 1.82) is 0 Å². The largest absolute Gasteiger partial charge is 0.208 e. The minimum atomic E-state index is -0.0576. The minimum absolute atomic E-state index is 0.0576. The topological polar surface area (TPSA) is 38.7 Å². The van der Waals surface area contributed by atoms with E-state index in [1.807, 2.05) is 18.2 Å². The predicted octanol–water partition coefficient (Wildman–Crippen LogP) is 11.8. The molecule has 0 amide bonds. The van der Waals surface area contributed by atoms with Crippen LogP contribution < -0.4 is 0 Å². The average molecular weight is 626 g/mol. The van der Waals surface area contributed by atoms with Gasteiger partial charge < -0.3 is 0 Å². The summed E-state index contributed by atoms with van der Waals surface area (Å²) in [6.45, 7) is 4.70. The molecule has 1 heterocycles. The normalized spacial score (nSPS) is 13.3. The van der Waals surface area contributed by atoms with Crippen LogP contribution in [0, 0.1) is 0 Å². The van der Waals surface area contributed by atoms with Gasteiger partial charge in [0.05, 0.1) is 0 Å². The standard InChI is InChI=1S/C46H31N3/c1-46(2)38-15-9-8-14-37(38)42-39(46)25-23-30-18-17-29-19-20-33-27-35(22-24-36(33)40(29)41(30)42)45-48-43(31-11-4-3-5-12-31)47-44(49-45)34-21-16-28-10-6-7-13-32(28)26-34/h3-27H,1-2H3. The highest BCUT2D eigenvalue weighted by Gasteiger charge is 2.36. The zero-order valence-corrected chi connectivity index (χ0v) is 27.3. The summed E-state index contributed by atoms with van der Waals surface area (Å²) in [7, 11) is 0. The van der Waals surface area contributed by atoms with Crippen molar-refractivity contribution in [2.24, 2.45) is 0 Å². The smallest absolute Gasteiger partial charge is 0.164 e. The molecule has 1 aliphatic rings. The van der Waals surface area contributed by atoms with E-state index in [9.17, 15) is 0 Å². The summed E-state index contributed by atoms with van der Waals surface area (Å²) in [5, 5.41) is 9.87. The van der Waals surface area contributed by atoms with Crippen molar-refractivity contribution in [3.8, 4) is 45.3 Å². The first-order valence-corrected chi connectivity index (χ1v) is 16.9. The molecular weight excluding hydrogens is 595 g/mol. The van der Waals surface area contributed by atoms with Gasteiger partial charge in [0, 0.05) is 22.1 Å². The number of nitrogens with zero attached hydrogens (tertiary/aromatic N) is 3. The van der Waals surface area contributed by atoms with Crippen molar-refractivity contribution >= 4 is 43.1 Å². The summed E-state index contributed by atoms with van der Waals surface area (Å²) in [6.07, 6.45) is 0. The van der Waals surface area contributed by atoms with Crippen molar-refractivity contribution < 1.29 is 0 Å². The molecule has 230 valence electrons. The number of hydrogen-bond donors (Lipinski definition) is 0. The van der Waals surface area contributed by atoms with Gasteiger partial charge in [0.1, 0.15) is 0 Å². The molecule has 9 aromatic rings. The molecule has 0 radical (unpaired) electrons. The maximum absolute atomic E-state index is 5.09. The first kappa shape index (κ1) is 27.9. The maximum atomic E-state index is 5.09. The van der Waals surface area contributed by atoms with Gasteiger partial charge >= 0.3 is 0 Å². The summed E-state index contributed by atoms with van der Waals surface area (Å²) in [5.74, 6) is 1.99. The van der Waals surface area contributed by atoms with Gasteiger partial charge in [-0.15, -0.1) is 0 Å². The van der Waals surface area contributed by atoms with Gasteiger partial charge in [-0.1, -0.05) is 153 Å². The molecule has 10 rings (SSSR count).